The van der Waals surface area contributed by atoms with Crippen molar-refractivity contribution < 1.29 is 0 Å². The van der Waals surface area contributed by atoms with E-state index in [2.05, 4.69) is 52.6 Å². The first-order chi connectivity index (χ1) is 14.8. The number of imidazole rings is 1. The number of nitrogens with one attached hydrogen (secondary N) is 1. The molecular weight excluding hydrogens is 388 g/mol. The Hall–Kier alpha value is -3.88. The van der Waals surface area contributed by atoms with E-state index < -0.39 is 0 Å². The fourth-order valence-electron chi connectivity index (χ4n) is 3.30. The van der Waals surface area contributed by atoms with E-state index >= 15 is 0 Å². The standard InChI is InChI=1S/C19H14N4S.C6H4/c1-2-15-8-11-24-18(15)17-19(21-12-14-6-4-3-5-7-14)23-10-9-20-13-16(23)22-17;1-2-5-4-6(5)3-1/h1,3-11,13,21H,12H2;1-4H. The number of nitrogens with zero attached hydrogens (tertiary/aromatic N) is 3. The van der Waals surface area contributed by atoms with Gasteiger partial charge in [0.2, 0.25) is 0 Å². The lowest BCUT2D eigenvalue weighted by Crippen LogP contribution is -2.03. The van der Waals surface area contributed by atoms with E-state index in [1.165, 1.54) is 16.7 Å². The van der Waals surface area contributed by atoms with E-state index in [0.29, 0.717) is 6.54 Å². The molecule has 2 aliphatic carbocycles. The molecule has 3 heterocycles. The number of benzene rings is 2. The molecular formula is C25H18N4S. The monoisotopic (exact) mass is 406 g/mol. The van der Waals surface area contributed by atoms with Gasteiger partial charge in [-0.25, -0.2) is 4.98 Å². The number of anilines is 1. The number of thiophene rings is 1. The number of hydrogen-bond acceptors (Lipinski definition) is 4. The van der Waals surface area contributed by atoms with Crippen LogP contribution >= 0.6 is 11.3 Å². The highest BCUT2D eigenvalue weighted by Crippen LogP contribution is 2.35. The summed E-state index contributed by atoms with van der Waals surface area (Å²) in [5.74, 6) is 3.66. The molecule has 4 aromatic rings. The lowest BCUT2D eigenvalue weighted by molar-refractivity contribution is 1.07. The number of fused-ring (bicyclic) bond motifs is 2. The van der Waals surface area contributed by atoms with Gasteiger partial charge in [0.1, 0.15) is 11.5 Å². The predicted octanol–water partition coefficient (Wildman–Crippen LogP) is 5.72. The van der Waals surface area contributed by atoms with Crippen LogP contribution in [-0.2, 0) is 6.54 Å². The first-order valence-electron chi connectivity index (χ1n) is 9.58. The summed E-state index contributed by atoms with van der Waals surface area (Å²) in [7, 11) is 0. The maximum atomic E-state index is 5.63. The summed E-state index contributed by atoms with van der Waals surface area (Å²) < 4.78 is 2.01. The van der Waals surface area contributed by atoms with Gasteiger partial charge in [0.15, 0.2) is 5.65 Å². The fourth-order valence-corrected chi connectivity index (χ4v) is 4.15. The van der Waals surface area contributed by atoms with E-state index in [1.54, 1.807) is 23.7 Å². The number of terminal acetylenes is 1. The van der Waals surface area contributed by atoms with Crippen LogP contribution in [0.1, 0.15) is 11.1 Å². The van der Waals surface area contributed by atoms with E-state index in [9.17, 15) is 0 Å². The molecule has 30 heavy (non-hydrogen) atoms. The van der Waals surface area contributed by atoms with Gasteiger partial charge in [-0.2, -0.15) is 0 Å². The van der Waals surface area contributed by atoms with Crippen LogP contribution in [0.15, 0.2) is 84.6 Å². The van der Waals surface area contributed by atoms with Gasteiger partial charge in [0, 0.05) is 24.5 Å². The molecule has 1 aromatic carbocycles. The van der Waals surface area contributed by atoms with Gasteiger partial charge in [-0.3, -0.25) is 9.38 Å². The van der Waals surface area contributed by atoms with Crippen LogP contribution in [0.25, 0.3) is 27.3 Å². The van der Waals surface area contributed by atoms with Crippen molar-refractivity contribution in [1.29, 1.82) is 0 Å². The lowest BCUT2D eigenvalue weighted by Gasteiger charge is -2.08. The Morgan fingerprint density at radius 3 is 2.57 bits per heavy atom. The highest BCUT2D eigenvalue weighted by molar-refractivity contribution is 7.13. The average Bonchev–Trinajstić information content (AvgIpc) is 3.18. The zero-order valence-corrected chi connectivity index (χ0v) is 16.9. The van der Waals surface area contributed by atoms with Crippen molar-refractivity contribution in [3.63, 3.8) is 0 Å². The topological polar surface area (TPSA) is 42.2 Å². The maximum absolute atomic E-state index is 5.63. The van der Waals surface area contributed by atoms with Gasteiger partial charge in [-0.15, -0.1) is 17.8 Å². The van der Waals surface area contributed by atoms with Gasteiger partial charge in [0.05, 0.1) is 11.1 Å². The molecule has 0 radical (unpaired) electrons. The van der Waals surface area contributed by atoms with E-state index in [4.69, 9.17) is 11.4 Å². The van der Waals surface area contributed by atoms with Crippen molar-refractivity contribution in [3.8, 4) is 34.0 Å². The Morgan fingerprint density at radius 1 is 1.03 bits per heavy atom. The minimum absolute atomic E-state index is 0.709. The summed E-state index contributed by atoms with van der Waals surface area (Å²) in [6.45, 7) is 0.709. The molecule has 4 nitrogen and oxygen atoms in total. The molecule has 2 aliphatic rings. The van der Waals surface area contributed by atoms with Gasteiger partial charge < -0.3 is 5.32 Å². The van der Waals surface area contributed by atoms with Crippen LogP contribution in [0.3, 0.4) is 0 Å². The highest BCUT2D eigenvalue weighted by atomic mass is 32.1. The second kappa shape index (κ2) is 7.86. The summed E-state index contributed by atoms with van der Waals surface area (Å²) >= 11 is 1.60. The third kappa shape index (κ3) is 3.57. The second-order valence-corrected chi connectivity index (χ2v) is 7.76. The van der Waals surface area contributed by atoms with Crippen molar-refractivity contribution >= 4 is 22.8 Å². The van der Waals surface area contributed by atoms with Gasteiger partial charge in [0.25, 0.3) is 0 Å². The van der Waals surface area contributed by atoms with Crippen LogP contribution in [0, 0.1) is 12.3 Å². The molecule has 0 atom stereocenters. The van der Waals surface area contributed by atoms with Crippen molar-refractivity contribution in [2.24, 2.45) is 0 Å². The second-order valence-electron chi connectivity index (χ2n) is 6.84. The molecule has 1 N–H and O–H groups in total. The van der Waals surface area contributed by atoms with Crippen molar-refractivity contribution in [2.75, 3.05) is 5.32 Å². The summed E-state index contributed by atoms with van der Waals surface area (Å²) in [4.78, 5) is 9.89. The first kappa shape index (κ1) is 18.2. The van der Waals surface area contributed by atoms with E-state index in [-0.39, 0.29) is 0 Å². The summed E-state index contributed by atoms with van der Waals surface area (Å²) in [5.41, 5.74) is 6.57. The maximum Gasteiger partial charge on any atom is 0.157 e. The molecule has 0 amide bonds. The molecule has 0 aliphatic heterocycles. The fraction of sp³-hybridized carbons (Fsp3) is 0.0400. The predicted molar refractivity (Wildman–Crippen MR) is 123 cm³/mol. The molecule has 0 fully saturated rings. The van der Waals surface area contributed by atoms with Gasteiger partial charge in [-0.05, 0) is 34.2 Å². The Balaban J connectivity index is 0.000000272. The Kier molecular flexibility index (Phi) is 4.76. The highest BCUT2D eigenvalue weighted by Gasteiger charge is 2.17. The minimum Gasteiger partial charge on any atom is -0.365 e. The molecule has 0 bridgehead atoms. The SMILES string of the molecule is C#Cc1ccsc1-c1nc2cnccn2c1NCc1ccccc1.c1cc2cc-2c1. The molecule has 0 spiro atoms. The Bertz CT molecular complexity index is 1340. The molecule has 0 saturated carbocycles. The summed E-state index contributed by atoms with van der Waals surface area (Å²) in [6, 6.07) is 20.7. The van der Waals surface area contributed by atoms with Gasteiger partial charge in [-0.1, -0.05) is 54.5 Å². The average molecular weight is 407 g/mol. The quantitative estimate of drug-likeness (QED) is 0.381. The Labute approximate surface area is 178 Å². The van der Waals surface area contributed by atoms with Crippen molar-refractivity contribution in [2.45, 2.75) is 6.54 Å². The van der Waals surface area contributed by atoms with Gasteiger partial charge >= 0.3 is 0 Å². The minimum atomic E-state index is 0.709. The van der Waals surface area contributed by atoms with Crippen LogP contribution in [0.2, 0.25) is 0 Å². The molecule has 3 aromatic heterocycles. The molecule has 6 rings (SSSR count). The van der Waals surface area contributed by atoms with E-state index in [1.807, 2.05) is 40.2 Å². The first-order valence-corrected chi connectivity index (χ1v) is 10.5. The smallest absolute Gasteiger partial charge is 0.157 e. The number of rotatable bonds is 4. The largest absolute Gasteiger partial charge is 0.365 e. The molecule has 144 valence electrons. The van der Waals surface area contributed by atoms with E-state index in [0.717, 1.165) is 27.6 Å². The third-order valence-corrected chi connectivity index (χ3v) is 5.80. The zero-order chi connectivity index (χ0) is 20.3. The Morgan fingerprint density at radius 2 is 1.87 bits per heavy atom. The third-order valence-electron chi connectivity index (χ3n) is 4.88. The van der Waals surface area contributed by atoms with Crippen molar-refractivity contribution in [1.82, 2.24) is 14.4 Å². The van der Waals surface area contributed by atoms with Crippen LogP contribution in [-0.4, -0.2) is 14.4 Å². The number of hydrogen-bond donors (Lipinski definition) is 1. The summed E-state index contributed by atoms with van der Waals surface area (Å²) in [6.07, 6.45) is 11.0. The molecule has 0 saturated heterocycles. The molecule has 5 heteroatoms. The lowest BCUT2D eigenvalue weighted by atomic mass is 10.2. The zero-order valence-electron chi connectivity index (χ0n) is 16.1. The normalized spacial score (nSPS) is 10.8. The van der Waals surface area contributed by atoms with Crippen LogP contribution in [0.5, 0.6) is 0 Å². The van der Waals surface area contributed by atoms with Crippen LogP contribution < -0.4 is 5.32 Å². The van der Waals surface area contributed by atoms with Crippen molar-refractivity contribution in [3.05, 3.63) is 95.8 Å². The molecule has 0 unspecified atom stereocenters. The van der Waals surface area contributed by atoms with Crippen LogP contribution in [0.4, 0.5) is 5.82 Å². The summed E-state index contributed by atoms with van der Waals surface area (Å²) in [5, 5.41) is 5.50. The number of aromatic nitrogens is 3.